The van der Waals surface area contributed by atoms with Crippen LogP contribution in [-0.2, 0) is 0 Å². The van der Waals surface area contributed by atoms with E-state index in [9.17, 15) is 4.79 Å². The minimum Gasteiger partial charge on any atom is -0.494 e. The molecule has 0 saturated heterocycles. The molecule has 0 radical (unpaired) electrons. The van der Waals surface area contributed by atoms with Crippen molar-refractivity contribution < 1.29 is 14.3 Å². The van der Waals surface area contributed by atoms with Gasteiger partial charge in [-0.15, -0.1) is 0 Å². The number of benzene rings is 2. The molecule has 0 aliphatic rings. The Morgan fingerprint density at radius 2 is 1.64 bits per heavy atom. The van der Waals surface area contributed by atoms with E-state index < -0.39 is 6.03 Å². The number of rotatable bonds is 9. The second-order valence-corrected chi connectivity index (χ2v) is 6.24. The zero-order valence-electron chi connectivity index (χ0n) is 14.3. The summed E-state index contributed by atoms with van der Waals surface area (Å²) in [6.07, 6.45) is 1.88. The number of ether oxygens (including phenoxy) is 2. The highest BCUT2D eigenvalue weighted by Crippen LogP contribution is 2.23. The number of anilines is 1. The summed E-state index contributed by atoms with van der Waals surface area (Å²) in [5.41, 5.74) is 5.79. The number of carbonyl (C=O) groups excluding carboxylic acids is 1. The monoisotopic (exact) mass is 360 g/mol. The van der Waals surface area contributed by atoms with Crippen LogP contribution in [-0.4, -0.2) is 19.2 Å². The number of nitrogens with zero attached hydrogens (tertiary/aromatic N) is 1. The summed E-state index contributed by atoms with van der Waals surface area (Å²) in [6.45, 7) is 3.46. The minimum absolute atomic E-state index is 0.485. The van der Waals surface area contributed by atoms with Crippen molar-refractivity contribution in [3.05, 3.63) is 54.6 Å². The van der Waals surface area contributed by atoms with Gasteiger partial charge in [-0.25, -0.2) is 9.10 Å². The summed E-state index contributed by atoms with van der Waals surface area (Å²) in [6, 6.07) is 16.3. The Morgan fingerprint density at radius 3 is 2.28 bits per heavy atom. The number of thiol groups is 1. The number of para-hydroxylation sites is 1. The molecule has 0 bridgehead atoms. The molecule has 0 aliphatic heterocycles. The molecule has 2 rings (SSSR count). The van der Waals surface area contributed by atoms with Crippen molar-refractivity contribution >= 4 is 24.5 Å². The van der Waals surface area contributed by atoms with Crippen LogP contribution in [0.4, 0.5) is 10.5 Å². The second kappa shape index (κ2) is 9.84. The van der Waals surface area contributed by atoms with Gasteiger partial charge in [0, 0.05) is 6.07 Å². The fraction of sp³-hybridized carbons (Fsp3) is 0.316. The minimum atomic E-state index is -0.632. The van der Waals surface area contributed by atoms with E-state index in [-0.39, 0.29) is 0 Å². The smallest absolute Gasteiger partial charge is 0.329 e. The van der Waals surface area contributed by atoms with Gasteiger partial charge in [-0.1, -0.05) is 44.0 Å². The average Bonchev–Trinajstić information content (AvgIpc) is 2.62. The Bertz CT molecular complexity index is 667. The van der Waals surface area contributed by atoms with Crippen LogP contribution in [0, 0.1) is 5.92 Å². The van der Waals surface area contributed by atoms with Gasteiger partial charge in [0.2, 0.25) is 0 Å². The van der Waals surface area contributed by atoms with Gasteiger partial charge in [-0.2, -0.15) is 0 Å². The molecule has 0 fully saturated rings. The van der Waals surface area contributed by atoms with Crippen LogP contribution < -0.4 is 19.5 Å². The van der Waals surface area contributed by atoms with E-state index in [2.05, 4.69) is 19.7 Å². The van der Waals surface area contributed by atoms with E-state index in [1.54, 1.807) is 18.2 Å². The quantitative estimate of drug-likeness (QED) is 0.656. The Hall–Kier alpha value is -2.34. The molecule has 2 amide bonds. The van der Waals surface area contributed by atoms with Gasteiger partial charge in [-0.3, -0.25) is 0 Å². The molecule has 2 aromatic rings. The number of hydrogen-bond acceptors (Lipinski definition) is 4. The summed E-state index contributed by atoms with van der Waals surface area (Å²) in [7, 11) is 0. The average molecular weight is 360 g/mol. The molecule has 0 heterocycles. The van der Waals surface area contributed by atoms with E-state index in [1.165, 1.54) is 0 Å². The zero-order valence-corrected chi connectivity index (χ0v) is 15.2. The third-order valence-corrected chi connectivity index (χ3v) is 4.20. The van der Waals surface area contributed by atoms with Crippen molar-refractivity contribution in [1.29, 1.82) is 0 Å². The summed E-state index contributed by atoms with van der Waals surface area (Å²) >= 11 is 4.04. The number of nitrogens with two attached hydrogens (primary N) is 1. The topological polar surface area (TPSA) is 64.8 Å². The SMILES string of the molecule is CC(CCOc1ccccc1)CCOc1cccc(N(S)C(N)=O)c1. The van der Waals surface area contributed by atoms with Crippen LogP contribution in [0.1, 0.15) is 19.8 Å². The van der Waals surface area contributed by atoms with Crippen molar-refractivity contribution in [2.75, 3.05) is 17.5 Å². The summed E-state index contributed by atoms with van der Waals surface area (Å²) in [4.78, 5) is 11.1. The zero-order chi connectivity index (χ0) is 18.1. The lowest BCUT2D eigenvalue weighted by molar-refractivity contribution is 0.245. The maximum atomic E-state index is 11.1. The Balaban J connectivity index is 1.69. The number of carbonyl (C=O) groups is 1. The maximum absolute atomic E-state index is 11.1. The van der Waals surface area contributed by atoms with E-state index in [0.29, 0.717) is 30.6 Å². The van der Waals surface area contributed by atoms with Gasteiger partial charge in [0.1, 0.15) is 11.5 Å². The number of primary amides is 1. The molecule has 5 nitrogen and oxygen atoms in total. The van der Waals surface area contributed by atoms with Crippen molar-refractivity contribution in [2.24, 2.45) is 11.7 Å². The van der Waals surface area contributed by atoms with Gasteiger partial charge in [0.05, 0.1) is 18.9 Å². The highest BCUT2D eigenvalue weighted by molar-refractivity contribution is 7.82. The van der Waals surface area contributed by atoms with Crippen molar-refractivity contribution in [3.63, 3.8) is 0 Å². The number of amides is 2. The lowest BCUT2D eigenvalue weighted by Gasteiger charge is -2.15. The van der Waals surface area contributed by atoms with Crippen LogP contribution >= 0.6 is 12.8 Å². The number of hydrogen-bond donors (Lipinski definition) is 2. The largest absolute Gasteiger partial charge is 0.494 e. The first-order valence-electron chi connectivity index (χ1n) is 8.25. The fourth-order valence-electron chi connectivity index (χ4n) is 2.25. The molecule has 1 unspecified atom stereocenters. The summed E-state index contributed by atoms with van der Waals surface area (Å²) in [5, 5.41) is 0. The van der Waals surface area contributed by atoms with Crippen molar-refractivity contribution in [2.45, 2.75) is 19.8 Å². The van der Waals surface area contributed by atoms with E-state index >= 15 is 0 Å². The third-order valence-electron chi connectivity index (χ3n) is 3.77. The van der Waals surface area contributed by atoms with Gasteiger partial charge in [-0.05, 0) is 43.0 Å². The third kappa shape index (κ3) is 6.58. The molecular weight excluding hydrogens is 336 g/mol. The highest BCUT2D eigenvalue weighted by Gasteiger charge is 2.09. The van der Waals surface area contributed by atoms with Crippen LogP contribution in [0.15, 0.2) is 54.6 Å². The molecule has 0 aliphatic carbocycles. The van der Waals surface area contributed by atoms with E-state index in [1.807, 2.05) is 36.4 Å². The van der Waals surface area contributed by atoms with Gasteiger partial charge in [0.15, 0.2) is 0 Å². The lowest BCUT2D eigenvalue weighted by atomic mass is 10.1. The molecule has 1 atom stereocenters. The first-order chi connectivity index (χ1) is 12.1. The molecule has 25 heavy (non-hydrogen) atoms. The van der Waals surface area contributed by atoms with Gasteiger partial charge < -0.3 is 15.2 Å². The van der Waals surface area contributed by atoms with Crippen LogP contribution in [0.5, 0.6) is 11.5 Å². The molecule has 6 heteroatoms. The van der Waals surface area contributed by atoms with Crippen LogP contribution in [0.25, 0.3) is 0 Å². The fourth-order valence-corrected chi connectivity index (χ4v) is 2.37. The molecule has 0 saturated carbocycles. The summed E-state index contributed by atoms with van der Waals surface area (Å²) in [5.74, 6) is 2.07. The molecule has 0 aromatic heterocycles. The van der Waals surface area contributed by atoms with Crippen molar-refractivity contribution in [3.8, 4) is 11.5 Å². The Morgan fingerprint density at radius 1 is 1.04 bits per heavy atom. The second-order valence-electron chi connectivity index (χ2n) is 5.84. The standard InChI is InChI=1S/C19H24N2O3S/c1-15(10-12-23-17-7-3-2-4-8-17)11-13-24-18-9-5-6-16(14-18)21(25)19(20)22/h2-9,14-15,25H,10-13H2,1H3,(H2,20,22). The molecule has 0 spiro atoms. The predicted molar refractivity (Wildman–Crippen MR) is 103 cm³/mol. The first-order valence-corrected chi connectivity index (χ1v) is 8.65. The Kier molecular flexibility index (Phi) is 7.47. The lowest BCUT2D eigenvalue weighted by Crippen LogP contribution is -2.27. The van der Waals surface area contributed by atoms with Crippen LogP contribution in [0.3, 0.4) is 0 Å². The maximum Gasteiger partial charge on any atom is 0.329 e. The van der Waals surface area contributed by atoms with Gasteiger partial charge >= 0.3 is 6.03 Å². The number of urea groups is 1. The van der Waals surface area contributed by atoms with Crippen LogP contribution in [0.2, 0.25) is 0 Å². The predicted octanol–water partition coefficient (Wildman–Crippen LogP) is 4.29. The Labute approximate surface area is 154 Å². The molecule has 2 N–H and O–H groups in total. The summed E-state index contributed by atoms with van der Waals surface area (Å²) < 4.78 is 12.5. The molecular formula is C19H24N2O3S. The normalized spacial score (nSPS) is 11.6. The highest BCUT2D eigenvalue weighted by atomic mass is 32.1. The van der Waals surface area contributed by atoms with E-state index in [0.717, 1.165) is 22.9 Å². The first kappa shape index (κ1) is 19.0. The molecule has 2 aromatic carbocycles. The van der Waals surface area contributed by atoms with Crippen molar-refractivity contribution in [1.82, 2.24) is 0 Å². The molecule has 134 valence electrons. The van der Waals surface area contributed by atoms with Gasteiger partial charge in [0.25, 0.3) is 0 Å². The van der Waals surface area contributed by atoms with E-state index in [4.69, 9.17) is 15.2 Å².